The van der Waals surface area contributed by atoms with Gasteiger partial charge in [0.05, 0.1) is 13.2 Å². The van der Waals surface area contributed by atoms with Crippen molar-refractivity contribution in [2.24, 2.45) is 0 Å². The van der Waals surface area contributed by atoms with E-state index >= 15 is 0 Å². The van der Waals surface area contributed by atoms with Crippen molar-refractivity contribution < 1.29 is 19.1 Å². The Labute approximate surface area is 106 Å². The molecule has 2 amide bonds. The molecule has 1 N–H and O–H groups in total. The number of likely N-dealkylation sites (N-methyl/N-ethyl adjacent to an activating group) is 1. The molecule has 2 rings (SSSR count). The third kappa shape index (κ3) is 3.11. The smallest absolute Gasteiger partial charge is 0.410 e. The summed E-state index contributed by atoms with van der Waals surface area (Å²) < 4.78 is 10.0. The molecule has 7 nitrogen and oxygen atoms in total. The summed E-state index contributed by atoms with van der Waals surface area (Å²) in [6, 6.07) is -0.498. The standard InChI is InChI=1S/C11H19N3O4/c1-13-9(8-18-11(13)16)10(15)12-2-3-14-4-6-17-7-5-14/h9H,2-8H2,1H3,(H,12,15)/t9-/m0/s1. The van der Waals surface area contributed by atoms with Gasteiger partial charge in [0.2, 0.25) is 5.91 Å². The number of amides is 2. The minimum Gasteiger partial charge on any atom is -0.447 e. The van der Waals surface area contributed by atoms with Gasteiger partial charge in [-0.05, 0) is 0 Å². The maximum Gasteiger partial charge on any atom is 0.410 e. The van der Waals surface area contributed by atoms with E-state index in [0.29, 0.717) is 6.54 Å². The Morgan fingerprint density at radius 3 is 2.78 bits per heavy atom. The Morgan fingerprint density at radius 1 is 1.44 bits per heavy atom. The van der Waals surface area contributed by atoms with E-state index in [9.17, 15) is 9.59 Å². The molecule has 0 aliphatic carbocycles. The molecule has 2 heterocycles. The third-order valence-corrected chi connectivity index (χ3v) is 3.25. The topological polar surface area (TPSA) is 71.1 Å². The maximum absolute atomic E-state index is 11.8. The first kappa shape index (κ1) is 13.1. The number of carbonyl (C=O) groups is 2. The lowest BCUT2D eigenvalue weighted by Gasteiger charge is -2.26. The van der Waals surface area contributed by atoms with Crippen LogP contribution in [0.2, 0.25) is 0 Å². The zero-order chi connectivity index (χ0) is 13.0. The fraction of sp³-hybridized carbons (Fsp3) is 0.818. The van der Waals surface area contributed by atoms with E-state index in [2.05, 4.69) is 10.2 Å². The Kier molecular flexibility index (Phi) is 4.38. The van der Waals surface area contributed by atoms with Crippen LogP contribution in [0.25, 0.3) is 0 Å². The van der Waals surface area contributed by atoms with Gasteiger partial charge in [-0.3, -0.25) is 14.6 Å². The van der Waals surface area contributed by atoms with E-state index in [-0.39, 0.29) is 12.5 Å². The number of morpholine rings is 1. The molecule has 0 unspecified atom stereocenters. The molecule has 102 valence electrons. The Hall–Kier alpha value is -1.34. The zero-order valence-corrected chi connectivity index (χ0v) is 10.6. The second-order valence-corrected chi connectivity index (χ2v) is 4.45. The first-order valence-corrected chi connectivity index (χ1v) is 6.16. The van der Waals surface area contributed by atoms with Crippen LogP contribution in [0.5, 0.6) is 0 Å². The summed E-state index contributed by atoms with van der Waals surface area (Å²) in [5.41, 5.74) is 0. The van der Waals surface area contributed by atoms with E-state index in [4.69, 9.17) is 9.47 Å². The van der Waals surface area contributed by atoms with Crippen molar-refractivity contribution >= 4 is 12.0 Å². The van der Waals surface area contributed by atoms with Gasteiger partial charge in [-0.2, -0.15) is 0 Å². The molecule has 0 saturated carbocycles. The van der Waals surface area contributed by atoms with Crippen molar-refractivity contribution in [2.45, 2.75) is 6.04 Å². The molecule has 7 heteroatoms. The lowest BCUT2D eigenvalue weighted by Crippen LogP contribution is -2.47. The van der Waals surface area contributed by atoms with E-state index in [1.54, 1.807) is 7.05 Å². The van der Waals surface area contributed by atoms with Crippen LogP contribution >= 0.6 is 0 Å². The average Bonchev–Trinajstić information content (AvgIpc) is 2.71. The molecule has 0 spiro atoms. The Balaban J connectivity index is 1.67. The summed E-state index contributed by atoms with van der Waals surface area (Å²) in [6.07, 6.45) is -0.441. The lowest BCUT2D eigenvalue weighted by atomic mass is 10.3. The van der Waals surface area contributed by atoms with Crippen LogP contribution in [-0.2, 0) is 14.3 Å². The summed E-state index contributed by atoms with van der Waals surface area (Å²) in [4.78, 5) is 26.5. The fourth-order valence-electron chi connectivity index (χ4n) is 2.02. The summed E-state index contributed by atoms with van der Waals surface area (Å²) in [7, 11) is 1.57. The van der Waals surface area contributed by atoms with Crippen LogP contribution in [0.15, 0.2) is 0 Å². The van der Waals surface area contributed by atoms with E-state index in [1.165, 1.54) is 4.90 Å². The quantitative estimate of drug-likeness (QED) is 0.691. The average molecular weight is 257 g/mol. The second-order valence-electron chi connectivity index (χ2n) is 4.45. The number of nitrogens with one attached hydrogen (secondary N) is 1. The van der Waals surface area contributed by atoms with Crippen molar-refractivity contribution in [3.8, 4) is 0 Å². The first-order valence-electron chi connectivity index (χ1n) is 6.16. The summed E-state index contributed by atoms with van der Waals surface area (Å²) in [6.45, 7) is 4.83. The van der Waals surface area contributed by atoms with Gasteiger partial charge in [-0.25, -0.2) is 4.79 Å². The summed E-state index contributed by atoms with van der Waals surface area (Å²) in [5, 5.41) is 2.83. The lowest BCUT2D eigenvalue weighted by molar-refractivity contribution is -0.124. The van der Waals surface area contributed by atoms with Gasteiger partial charge in [0.25, 0.3) is 0 Å². The predicted octanol–water partition coefficient (Wildman–Crippen LogP) is -1.11. The predicted molar refractivity (Wildman–Crippen MR) is 63.2 cm³/mol. The zero-order valence-electron chi connectivity index (χ0n) is 10.6. The van der Waals surface area contributed by atoms with Crippen molar-refractivity contribution in [3.63, 3.8) is 0 Å². The molecule has 2 aliphatic rings. The number of cyclic esters (lactones) is 1. The van der Waals surface area contributed by atoms with Crippen LogP contribution in [0, 0.1) is 0 Å². The van der Waals surface area contributed by atoms with E-state index < -0.39 is 12.1 Å². The highest BCUT2D eigenvalue weighted by Gasteiger charge is 2.34. The molecule has 0 aromatic heterocycles. The number of nitrogens with zero attached hydrogens (tertiary/aromatic N) is 2. The first-order chi connectivity index (χ1) is 8.68. The molecule has 18 heavy (non-hydrogen) atoms. The highest BCUT2D eigenvalue weighted by molar-refractivity contribution is 5.87. The van der Waals surface area contributed by atoms with E-state index in [1.807, 2.05) is 0 Å². The largest absolute Gasteiger partial charge is 0.447 e. The third-order valence-electron chi connectivity index (χ3n) is 3.25. The van der Waals surface area contributed by atoms with Gasteiger partial charge in [-0.15, -0.1) is 0 Å². The molecule has 1 atom stereocenters. The van der Waals surface area contributed by atoms with Crippen LogP contribution in [0.1, 0.15) is 0 Å². The van der Waals surface area contributed by atoms with Gasteiger partial charge in [0.1, 0.15) is 12.6 Å². The second kappa shape index (κ2) is 6.01. The monoisotopic (exact) mass is 257 g/mol. The van der Waals surface area contributed by atoms with E-state index in [0.717, 1.165) is 32.8 Å². The minimum atomic E-state index is -0.498. The number of hydrogen-bond acceptors (Lipinski definition) is 5. The van der Waals surface area contributed by atoms with Crippen LogP contribution in [-0.4, -0.2) is 80.9 Å². The van der Waals surface area contributed by atoms with Crippen LogP contribution in [0.3, 0.4) is 0 Å². The highest BCUT2D eigenvalue weighted by atomic mass is 16.6. The summed E-state index contributed by atoms with van der Waals surface area (Å²) in [5.74, 6) is -0.156. The number of carbonyl (C=O) groups excluding carboxylic acids is 2. The Bertz CT molecular complexity index is 317. The highest BCUT2D eigenvalue weighted by Crippen LogP contribution is 2.09. The molecule has 0 aromatic rings. The van der Waals surface area contributed by atoms with Crippen molar-refractivity contribution in [2.75, 3.05) is 53.0 Å². The molecular formula is C11H19N3O4. The maximum atomic E-state index is 11.8. The van der Waals surface area contributed by atoms with Gasteiger partial charge in [0.15, 0.2) is 0 Å². The van der Waals surface area contributed by atoms with Gasteiger partial charge in [-0.1, -0.05) is 0 Å². The van der Waals surface area contributed by atoms with Crippen molar-refractivity contribution in [3.05, 3.63) is 0 Å². The molecule has 0 radical (unpaired) electrons. The van der Waals surface area contributed by atoms with Crippen LogP contribution < -0.4 is 5.32 Å². The Morgan fingerprint density at radius 2 is 2.17 bits per heavy atom. The molecule has 2 saturated heterocycles. The number of rotatable bonds is 4. The summed E-state index contributed by atoms with van der Waals surface area (Å²) >= 11 is 0. The molecular weight excluding hydrogens is 238 g/mol. The van der Waals surface area contributed by atoms with Crippen molar-refractivity contribution in [1.29, 1.82) is 0 Å². The van der Waals surface area contributed by atoms with Gasteiger partial charge in [0, 0.05) is 33.2 Å². The SMILES string of the molecule is CN1C(=O)OC[C@H]1C(=O)NCCN1CCOCC1. The molecule has 2 fully saturated rings. The number of hydrogen-bond donors (Lipinski definition) is 1. The van der Waals surface area contributed by atoms with Gasteiger partial charge < -0.3 is 14.8 Å². The van der Waals surface area contributed by atoms with Crippen molar-refractivity contribution in [1.82, 2.24) is 15.1 Å². The van der Waals surface area contributed by atoms with Gasteiger partial charge >= 0.3 is 6.09 Å². The minimum absolute atomic E-state index is 0.138. The number of ether oxygens (including phenoxy) is 2. The molecule has 0 bridgehead atoms. The molecule has 2 aliphatic heterocycles. The normalized spacial score (nSPS) is 25.1. The van der Waals surface area contributed by atoms with Crippen LogP contribution in [0.4, 0.5) is 4.79 Å². The molecule has 0 aromatic carbocycles. The fourth-order valence-corrected chi connectivity index (χ4v) is 2.02.